The predicted octanol–water partition coefficient (Wildman–Crippen LogP) is 1.34. The maximum absolute atomic E-state index is 5.37. The molecular formula is C10H13NO3. The van der Waals surface area contributed by atoms with Crippen molar-refractivity contribution in [3.63, 3.8) is 0 Å². The summed E-state index contributed by atoms with van der Waals surface area (Å²) >= 11 is 0. The SMILES string of the molecule is COc1ccnc(OC)c1C1(C)CO1. The summed E-state index contributed by atoms with van der Waals surface area (Å²) in [5.41, 5.74) is 0.607. The summed E-state index contributed by atoms with van der Waals surface area (Å²) in [6.07, 6.45) is 1.66. The molecule has 76 valence electrons. The van der Waals surface area contributed by atoms with E-state index in [0.717, 1.165) is 11.3 Å². The van der Waals surface area contributed by atoms with Gasteiger partial charge in [-0.15, -0.1) is 0 Å². The minimum atomic E-state index is -0.287. The molecule has 0 bridgehead atoms. The first-order valence-electron chi connectivity index (χ1n) is 4.42. The van der Waals surface area contributed by atoms with Crippen LogP contribution in [0.25, 0.3) is 0 Å². The fourth-order valence-electron chi connectivity index (χ4n) is 1.49. The van der Waals surface area contributed by atoms with Crippen LogP contribution in [-0.2, 0) is 10.3 Å². The van der Waals surface area contributed by atoms with Crippen molar-refractivity contribution >= 4 is 0 Å². The fraction of sp³-hybridized carbons (Fsp3) is 0.500. The van der Waals surface area contributed by atoms with E-state index in [1.165, 1.54) is 0 Å². The van der Waals surface area contributed by atoms with Gasteiger partial charge >= 0.3 is 0 Å². The maximum Gasteiger partial charge on any atom is 0.223 e. The second-order valence-electron chi connectivity index (χ2n) is 3.42. The van der Waals surface area contributed by atoms with Crippen molar-refractivity contribution < 1.29 is 14.2 Å². The third-order valence-corrected chi connectivity index (χ3v) is 2.40. The molecule has 4 nitrogen and oxygen atoms in total. The first-order valence-corrected chi connectivity index (χ1v) is 4.42. The second kappa shape index (κ2) is 3.13. The largest absolute Gasteiger partial charge is 0.496 e. The highest BCUT2D eigenvalue weighted by atomic mass is 16.6. The zero-order valence-electron chi connectivity index (χ0n) is 8.53. The number of ether oxygens (including phenoxy) is 3. The smallest absolute Gasteiger partial charge is 0.223 e. The molecule has 2 heterocycles. The normalized spacial score (nSPS) is 24.5. The predicted molar refractivity (Wildman–Crippen MR) is 50.6 cm³/mol. The Bertz CT molecular complexity index is 325. The Balaban J connectivity index is 2.52. The molecule has 4 heteroatoms. The molecular weight excluding hydrogens is 182 g/mol. The monoisotopic (exact) mass is 195 g/mol. The zero-order valence-corrected chi connectivity index (χ0v) is 8.53. The van der Waals surface area contributed by atoms with Crippen molar-refractivity contribution in [3.05, 3.63) is 17.8 Å². The number of epoxide rings is 1. The van der Waals surface area contributed by atoms with Crippen molar-refractivity contribution in [2.45, 2.75) is 12.5 Å². The molecule has 0 amide bonds. The zero-order chi connectivity index (χ0) is 10.2. The van der Waals surface area contributed by atoms with E-state index in [-0.39, 0.29) is 5.60 Å². The molecule has 1 aromatic heterocycles. The van der Waals surface area contributed by atoms with Gasteiger partial charge in [0.2, 0.25) is 5.88 Å². The summed E-state index contributed by atoms with van der Waals surface area (Å²) in [6, 6.07) is 1.81. The van der Waals surface area contributed by atoms with Crippen molar-refractivity contribution in [1.82, 2.24) is 4.98 Å². The molecule has 0 N–H and O–H groups in total. The molecule has 0 radical (unpaired) electrons. The lowest BCUT2D eigenvalue weighted by Gasteiger charge is -2.14. The number of pyridine rings is 1. The third-order valence-electron chi connectivity index (χ3n) is 2.40. The van der Waals surface area contributed by atoms with Crippen LogP contribution in [0.1, 0.15) is 12.5 Å². The van der Waals surface area contributed by atoms with Crippen LogP contribution < -0.4 is 9.47 Å². The maximum atomic E-state index is 5.37. The lowest BCUT2D eigenvalue weighted by Crippen LogP contribution is -2.08. The summed E-state index contributed by atoms with van der Waals surface area (Å²) in [5, 5.41) is 0. The molecule has 1 saturated heterocycles. The fourth-order valence-corrected chi connectivity index (χ4v) is 1.49. The van der Waals surface area contributed by atoms with Crippen molar-refractivity contribution in [3.8, 4) is 11.6 Å². The molecule has 1 aromatic rings. The van der Waals surface area contributed by atoms with Gasteiger partial charge in [-0.3, -0.25) is 0 Å². The molecule has 0 saturated carbocycles. The minimum Gasteiger partial charge on any atom is -0.496 e. The lowest BCUT2D eigenvalue weighted by atomic mass is 10.0. The third kappa shape index (κ3) is 1.32. The van der Waals surface area contributed by atoms with E-state index in [9.17, 15) is 0 Å². The highest BCUT2D eigenvalue weighted by Crippen LogP contribution is 2.46. The number of nitrogens with zero attached hydrogens (tertiary/aromatic N) is 1. The topological polar surface area (TPSA) is 43.9 Å². The van der Waals surface area contributed by atoms with Crippen molar-refractivity contribution in [2.75, 3.05) is 20.8 Å². The van der Waals surface area contributed by atoms with E-state index in [4.69, 9.17) is 14.2 Å². The summed E-state index contributed by atoms with van der Waals surface area (Å²) < 4.78 is 15.8. The average molecular weight is 195 g/mol. The Labute approximate surface area is 82.8 Å². The van der Waals surface area contributed by atoms with Gasteiger partial charge in [0.25, 0.3) is 0 Å². The number of hydrogen-bond acceptors (Lipinski definition) is 4. The van der Waals surface area contributed by atoms with Gasteiger partial charge in [-0.2, -0.15) is 0 Å². The number of aromatic nitrogens is 1. The molecule has 1 atom stereocenters. The van der Waals surface area contributed by atoms with E-state index >= 15 is 0 Å². The first-order chi connectivity index (χ1) is 6.71. The van der Waals surface area contributed by atoms with Crippen LogP contribution in [0.5, 0.6) is 11.6 Å². The molecule has 1 aliphatic rings. The van der Waals surface area contributed by atoms with Gasteiger partial charge in [-0.05, 0) is 13.0 Å². The second-order valence-corrected chi connectivity index (χ2v) is 3.42. The van der Waals surface area contributed by atoms with E-state index < -0.39 is 0 Å². The molecule has 0 aromatic carbocycles. The van der Waals surface area contributed by atoms with Gasteiger partial charge in [0.1, 0.15) is 11.4 Å². The molecule has 1 aliphatic heterocycles. The Hall–Kier alpha value is -1.29. The van der Waals surface area contributed by atoms with E-state index in [0.29, 0.717) is 12.5 Å². The van der Waals surface area contributed by atoms with Gasteiger partial charge < -0.3 is 14.2 Å². The number of rotatable bonds is 3. The highest BCUT2D eigenvalue weighted by Gasteiger charge is 2.46. The van der Waals surface area contributed by atoms with Crippen LogP contribution in [0, 0.1) is 0 Å². The molecule has 1 fully saturated rings. The Morgan fingerprint density at radius 1 is 1.43 bits per heavy atom. The summed E-state index contributed by atoms with van der Waals surface area (Å²) in [7, 11) is 3.22. The Morgan fingerprint density at radius 3 is 2.64 bits per heavy atom. The molecule has 14 heavy (non-hydrogen) atoms. The highest BCUT2D eigenvalue weighted by molar-refractivity contribution is 5.46. The molecule has 2 rings (SSSR count). The first kappa shape index (κ1) is 9.27. The van der Waals surface area contributed by atoms with Gasteiger partial charge in [-0.1, -0.05) is 0 Å². The Kier molecular flexibility index (Phi) is 2.07. The van der Waals surface area contributed by atoms with Crippen LogP contribution in [0.15, 0.2) is 12.3 Å². The quantitative estimate of drug-likeness (QED) is 0.683. The van der Waals surface area contributed by atoms with E-state index in [1.807, 2.05) is 13.0 Å². The van der Waals surface area contributed by atoms with Crippen LogP contribution in [0.4, 0.5) is 0 Å². The molecule has 0 spiro atoms. The van der Waals surface area contributed by atoms with Crippen LogP contribution in [-0.4, -0.2) is 25.8 Å². The number of methoxy groups -OCH3 is 2. The van der Waals surface area contributed by atoms with Crippen molar-refractivity contribution in [2.24, 2.45) is 0 Å². The van der Waals surface area contributed by atoms with Crippen LogP contribution in [0.3, 0.4) is 0 Å². The van der Waals surface area contributed by atoms with Gasteiger partial charge in [0.15, 0.2) is 0 Å². The molecule has 1 unspecified atom stereocenters. The standard InChI is InChI=1S/C10H13NO3/c1-10(6-14-10)8-7(12-2)4-5-11-9(8)13-3/h4-5H,6H2,1-3H3. The van der Waals surface area contributed by atoms with E-state index in [1.54, 1.807) is 20.4 Å². The lowest BCUT2D eigenvalue weighted by molar-refractivity contribution is 0.298. The minimum absolute atomic E-state index is 0.287. The Morgan fingerprint density at radius 2 is 2.14 bits per heavy atom. The van der Waals surface area contributed by atoms with Gasteiger partial charge in [0, 0.05) is 6.20 Å². The van der Waals surface area contributed by atoms with Gasteiger partial charge in [0.05, 0.1) is 26.4 Å². The summed E-state index contributed by atoms with van der Waals surface area (Å²) in [6.45, 7) is 2.68. The van der Waals surface area contributed by atoms with Crippen molar-refractivity contribution in [1.29, 1.82) is 0 Å². The van der Waals surface area contributed by atoms with E-state index in [2.05, 4.69) is 4.98 Å². The molecule has 0 aliphatic carbocycles. The van der Waals surface area contributed by atoms with Gasteiger partial charge in [-0.25, -0.2) is 4.98 Å². The van der Waals surface area contributed by atoms with Crippen LogP contribution in [0.2, 0.25) is 0 Å². The average Bonchev–Trinajstić information content (AvgIpc) is 2.96. The summed E-state index contributed by atoms with van der Waals surface area (Å²) in [4.78, 5) is 4.13. The van der Waals surface area contributed by atoms with Crippen LogP contribution >= 0.6 is 0 Å². The summed E-state index contributed by atoms with van der Waals surface area (Å²) in [5.74, 6) is 1.33. The number of hydrogen-bond donors (Lipinski definition) is 0.